The molecule has 0 aliphatic heterocycles. The van der Waals surface area contributed by atoms with Gasteiger partial charge in [-0.1, -0.05) is 24.3 Å². The van der Waals surface area contributed by atoms with Crippen molar-refractivity contribution in [3.63, 3.8) is 0 Å². The summed E-state index contributed by atoms with van der Waals surface area (Å²) < 4.78 is 5.68. The number of phenols is 1. The average Bonchev–Trinajstić information content (AvgIpc) is 2.68. The SMILES string of the molecule is Nc1c(-c2ccccc2O)oc2ccccc12. The zero-order valence-electron chi connectivity index (χ0n) is 9.05. The predicted molar refractivity (Wildman–Crippen MR) is 67.7 cm³/mol. The molecule has 0 saturated carbocycles. The van der Waals surface area contributed by atoms with Crippen LogP contribution in [0.25, 0.3) is 22.3 Å². The molecule has 0 fully saturated rings. The van der Waals surface area contributed by atoms with Gasteiger partial charge < -0.3 is 15.3 Å². The number of hydrogen-bond donors (Lipinski definition) is 2. The van der Waals surface area contributed by atoms with Gasteiger partial charge >= 0.3 is 0 Å². The minimum absolute atomic E-state index is 0.165. The maximum Gasteiger partial charge on any atom is 0.162 e. The molecule has 3 rings (SSSR count). The molecule has 0 saturated heterocycles. The maximum atomic E-state index is 9.80. The summed E-state index contributed by atoms with van der Waals surface area (Å²) in [5.74, 6) is 0.683. The van der Waals surface area contributed by atoms with E-state index in [1.54, 1.807) is 18.2 Å². The first-order valence-electron chi connectivity index (χ1n) is 5.33. The molecule has 1 aromatic heterocycles. The number of fused-ring (bicyclic) bond motifs is 1. The van der Waals surface area contributed by atoms with Crippen LogP contribution in [-0.4, -0.2) is 5.11 Å². The summed E-state index contributed by atoms with van der Waals surface area (Å²) in [6, 6.07) is 14.5. The van der Waals surface area contributed by atoms with Crippen molar-refractivity contribution >= 4 is 16.7 Å². The Morgan fingerprint density at radius 2 is 1.65 bits per heavy atom. The third-order valence-electron chi connectivity index (χ3n) is 2.78. The molecule has 0 aliphatic rings. The van der Waals surface area contributed by atoms with Gasteiger partial charge in [0.15, 0.2) is 5.76 Å². The standard InChI is InChI=1S/C14H11NO2/c15-13-10-6-2-4-8-12(10)17-14(13)9-5-1-3-7-11(9)16/h1-8,16H,15H2. The Kier molecular flexibility index (Phi) is 2.05. The number of benzene rings is 2. The van der Waals surface area contributed by atoms with E-state index in [2.05, 4.69) is 0 Å². The van der Waals surface area contributed by atoms with Gasteiger partial charge in [0.1, 0.15) is 11.3 Å². The number of anilines is 1. The fourth-order valence-corrected chi connectivity index (χ4v) is 1.93. The van der Waals surface area contributed by atoms with Crippen molar-refractivity contribution in [1.82, 2.24) is 0 Å². The molecule has 17 heavy (non-hydrogen) atoms. The minimum atomic E-state index is 0.165. The van der Waals surface area contributed by atoms with Crippen LogP contribution >= 0.6 is 0 Å². The Morgan fingerprint density at radius 1 is 0.941 bits per heavy atom. The first-order valence-corrected chi connectivity index (χ1v) is 5.33. The highest BCUT2D eigenvalue weighted by molar-refractivity contribution is 5.98. The van der Waals surface area contributed by atoms with Crippen LogP contribution in [0.2, 0.25) is 0 Å². The third kappa shape index (κ3) is 1.44. The van der Waals surface area contributed by atoms with Crippen molar-refractivity contribution in [1.29, 1.82) is 0 Å². The lowest BCUT2D eigenvalue weighted by Crippen LogP contribution is -1.85. The minimum Gasteiger partial charge on any atom is -0.507 e. The van der Waals surface area contributed by atoms with Gasteiger partial charge in [-0.05, 0) is 24.3 Å². The van der Waals surface area contributed by atoms with Gasteiger partial charge in [0.05, 0.1) is 11.3 Å². The molecule has 0 aliphatic carbocycles. The number of rotatable bonds is 1. The Labute approximate surface area is 98.1 Å². The number of phenolic OH excluding ortho intramolecular Hbond substituents is 1. The molecule has 0 unspecified atom stereocenters. The highest BCUT2D eigenvalue weighted by atomic mass is 16.3. The van der Waals surface area contributed by atoms with Gasteiger partial charge in [-0.25, -0.2) is 0 Å². The van der Waals surface area contributed by atoms with E-state index < -0.39 is 0 Å². The molecule has 3 nitrogen and oxygen atoms in total. The second kappa shape index (κ2) is 3.56. The van der Waals surface area contributed by atoms with Gasteiger partial charge in [-0.2, -0.15) is 0 Å². The zero-order chi connectivity index (χ0) is 11.8. The van der Waals surface area contributed by atoms with Crippen molar-refractivity contribution < 1.29 is 9.52 Å². The van der Waals surface area contributed by atoms with E-state index in [4.69, 9.17) is 10.2 Å². The van der Waals surface area contributed by atoms with Gasteiger partial charge in [-0.3, -0.25) is 0 Å². The topological polar surface area (TPSA) is 59.4 Å². The fraction of sp³-hybridized carbons (Fsp3) is 0. The van der Waals surface area contributed by atoms with Crippen LogP contribution < -0.4 is 5.73 Å². The predicted octanol–water partition coefficient (Wildman–Crippen LogP) is 3.39. The molecular weight excluding hydrogens is 214 g/mol. The normalized spacial score (nSPS) is 10.8. The molecular formula is C14H11NO2. The van der Waals surface area contributed by atoms with Crippen LogP contribution in [0.15, 0.2) is 52.9 Å². The molecule has 3 heteroatoms. The summed E-state index contributed by atoms with van der Waals surface area (Å²) in [4.78, 5) is 0. The number of nitrogen functional groups attached to an aromatic ring is 1. The largest absolute Gasteiger partial charge is 0.507 e. The van der Waals surface area contributed by atoms with E-state index in [0.29, 0.717) is 17.0 Å². The van der Waals surface area contributed by atoms with Crippen LogP contribution in [0.5, 0.6) is 5.75 Å². The van der Waals surface area contributed by atoms with Crippen molar-refractivity contribution in [2.24, 2.45) is 0 Å². The molecule has 84 valence electrons. The Balaban J connectivity index is 2.32. The van der Waals surface area contributed by atoms with Crippen LogP contribution in [0.1, 0.15) is 0 Å². The number of aromatic hydroxyl groups is 1. The van der Waals surface area contributed by atoms with Crippen molar-refractivity contribution in [3.8, 4) is 17.1 Å². The van der Waals surface area contributed by atoms with E-state index in [0.717, 1.165) is 11.0 Å². The van der Waals surface area contributed by atoms with Gasteiger partial charge in [0.25, 0.3) is 0 Å². The Bertz CT molecular complexity index is 686. The molecule has 2 aromatic carbocycles. The highest BCUT2D eigenvalue weighted by Gasteiger charge is 2.15. The molecule has 0 atom stereocenters. The molecule has 0 spiro atoms. The van der Waals surface area contributed by atoms with Gasteiger partial charge in [0, 0.05) is 5.39 Å². The first-order chi connectivity index (χ1) is 8.27. The first kappa shape index (κ1) is 9.78. The van der Waals surface area contributed by atoms with Gasteiger partial charge in [0.2, 0.25) is 0 Å². The van der Waals surface area contributed by atoms with Crippen LogP contribution in [0.3, 0.4) is 0 Å². The van der Waals surface area contributed by atoms with Crippen molar-refractivity contribution in [2.75, 3.05) is 5.73 Å². The lowest BCUT2D eigenvalue weighted by molar-refractivity contribution is 0.475. The lowest BCUT2D eigenvalue weighted by atomic mass is 10.1. The highest BCUT2D eigenvalue weighted by Crippen LogP contribution is 2.39. The van der Waals surface area contributed by atoms with Crippen LogP contribution in [0.4, 0.5) is 5.69 Å². The van der Waals surface area contributed by atoms with E-state index >= 15 is 0 Å². The second-order valence-electron chi connectivity index (χ2n) is 3.86. The van der Waals surface area contributed by atoms with E-state index in [1.807, 2.05) is 30.3 Å². The molecule has 3 aromatic rings. The molecule has 0 radical (unpaired) electrons. The summed E-state index contributed by atoms with van der Waals surface area (Å²) >= 11 is 0. The van der Waals surface area contributed by atoms with Crippen LogP contribution in [0, 0.1) is 0 Å². The molecule has 1 heterocycles. The molecule has 0 bridgehead atoms. The molecule has 3 N–H and O–H groups in total. The van der Waals surface area contributed by atoms with E-state index in [1.165, 1.54) is 0 Å². The number of furan rings is 1. The van der Waals surface area contributed by atoms with Crippen molar-refractivity contribution in [3.05, 3.63) is 48.5 Å². The smallest absolute Gasteiger partial charge is 0.162 e. The zero-order valence-corrected chi connectivity index (χ0v) is 9.05. The number of hydrogen-bond acceptors (Lipinski definition) is 3. The Hall–Kier alpha value is -2.42. The fourth-order valence-electron chi connectivity index (χ4n) is 1.93. The summed E-state index contributed by atoms with van der Waals surface area (Å²) in [7, 11) is 0. The van der Waals surface area contributed by atoms with E-state index in [9.17, 15) is 5.11 Å². The summed E-state index contributed by atoms with van der Waals surface area (Å²) in [5.41, 5.74) is 7.93. The average molecular weight is 225 g/mol. The second-order valence-corrected chi connectivity index (χ2v) is 3.86. The summed E-state index contributed by atoms with van der Waals surface area (Å²) in [6.45, 7) is 0. The monoisotopic (exact) mass is 225 g/mol. The summed E-state index contributed by atoms with van der Waals surface area (Å²) in [6.07, 6.45) is 0. The van der Waals surface area contributed by atoms with Crippen molar-refractivity contribution in [2.45, 2.75) is 0 Å². The van der Waals surface area contributed by atoms with E-state index in [-0.39, 0.29) is 5.75 Å². The third-order valence-corrected chi connectivity index (χ3v) is 2.78. The number of nitrogens with two attached hydrogens (primary N) is 1. The van der Waals surface area contributed by atoms with Gasteiger partial charge in [-0.15, -0.1) is 0 Å². The summed E-state index contributed by atoms with van der Waals surface area (Å²) in [5, 5.41) is 10.7. The lowest BCUT2D eigenvalue weighted by Gasteiger charge is -2.01. The number of para-hydroxylation sites is 2. The van der Waals surface area contributed by atoms with Crippen LogP contribution in [-0.2, 0) is 0 Å². The maximum absolute atomic E-state index is 9.80. The Morgan fingerprint density at radius 3 is 2.41 bits per heavy atom. The molecule has 0 amide bonds. The quantitative estimate of drug-likeness (QED) is 0.667.